The molecule has 0 spiro atoms. The number of rotatable bonds is 5. The first-order chi connectivity index (χ1) is 9.11. The fraction of sp³-hybridized carbons (Fsp3) is 0.333. The van der Waals surface area contributed by atoms with Gasteiger partial charge in [-0.25, -0.2) is 4.79 Å². The summed E-state index contributed by atoms with van der Waals surface area (Å²) in [6, 6.07) is 8.77. The van der Waals surface area contributed by atoms with Crippen molar-refractivity contribution in [2.75, 3.05) is 6.61 Å². The summed E-state index contributed by atoms with van der Waals surface area (Å²) in [7, 11) is 0. The van der Waals surface area contributed by atoms with Crippen LogP contribution in [0.15, 0.2) is 43.2 Å². The molecule has 4 heteroatoms. The van der Waals surface area contributed by atoms with Crippen molar-refractivity contribution in [1.82, 2.24) is 0 Å². The molecule has 0 aliphatic carbocycles. The highest BCUT2D eigenvalue weighted by molar-refractivity contribution is 5.89. The van der Waals surface area contributed by atoms with E-state index in [0.717, 1.165) is 19.1 Å². The van der Waals surface area contributed by atoms with Gasteiger partial charge < -0.3 is 9.47 Å². The maximum atomic E-state index is 11.0. The molecule has 0 aliphatic heterocycles. The molecular weight excluding hydrogens is 244 g/mol. The molecule has 0 atom stereocenters. The van der Waals surface area contributed by atoms with Crippen molar-refractivity contribution in [2.45, 2.75) is 26.7 Å². The SMILES string of the molecule is C=COC(=O)c1ccccc1.CCCCOC(C)=O. The molecule has 0 bridgehead atoms. The maximum absolute atomic E-state index is 11.0. The molecule has 1 aromatic carbocycles. The first-order valence-corrected chi connectivity index (χ1v) is 6.12. The van der Waals surface area contributed by atoms with Crippen molar-refractivity contribution in [1.29, 1.82) is 0 Å². The zero-order chi connectivity index (χ0) is 14.5. The molecule has 4 nitrogen and oxygen atoms in total. The molecule has 1 aromatic rings. The van der Waals surface area contributed by atoms with Gasteiger partial charge >= 0.3 is 11.9 Å². The smallest absolute Gasteiger partial charge is 0.342 e. The van der Waals surface area contributed by atoms with Gasteiger partial charge in [0.15, 0.2) is 0 Å². The summed E-state index contributed by atoms with van der Waals surface area (Å²) >= 11 is 0. The third-order valence-corrected chi connectivity index (χ3v) is 2.00. The van der Waals surface area contributed by atoms with E-state index < -0.39 is 0 Å². The number of carbonyl (C=O) groups is 2. The van der Waals surface area contributed by atoms with Crippen LogP contribution in [0.3, 0.4) is 0 Å². The molecule has 0 aromatic heterocycles. The topological polar surface area (TPSA) is 52.6 Å². The van der Waals surface area contributed by atoms with Crippen LogP contribution >= 0.6 is 0 Å². The second kappa shape index (κ2) is 11.0. The summed E-state index contributed by atoms with van der Waals surface area (Å²) in [5, 5.41) is 0. The number of ether oxygens (including phenoxy) is 2. The Morgan fingerprint density at radius 3 is 2.37 bits per heavy atom. The summed E-state index contributed by atoms with van der Waals surface area (Å²) in [6.45, 7) is 7.34. The van der Waals surface area contributed by atoms with E-state index in [1.54, 1.807) is 24.3 Å². The fourth-order valence-corrected chi connectivity index (χ4v) is 1.08. The largest absolute Gasteiger partial charge is 0.466 e. The number of unbranched alkanes of at least 4 members (excludes halogenated alkanes) is 1. The van der Waals surface area contributed by atoms with Gasteiger partial charge in [0.25, 0.3) is 0 Å². The van der Waals surface area contributed by atoms with E-state index in [0.29, 0.717) is 12.2 Å². The quantitative estimate of drug-likeness (QED) is 0.465. The minimum Gasteiger partial charge on any atom is -0.466 e. The van der Waals surface area contributed by atoms with E-state index in [1.807, 2.05) is 6.07 Å². The molecule has 104 valence electrons. The summed E-state index contributed by atoms with van der Waals surface area (Å²) in [4.78, 5) is 21.0. The lowest BCUT2D eigenvalue weighted by Gasteiger charge is -1.96. The Morgan fingerprint density at radius 1 is 1.26 bits per heavy atom. The van der Waals surface area contributed by atoms with Crippen LogP contribution in [0.4, 0.5) is 0 Å². The van der Waals surface area contributed by atoms with E-state index in [-0.39, 0.29) is 11.9 Å². The highest BCUT2D eigenvalue weighted by atomic mass is 16.5. The number of carbonyl (C=O) groups excluding carboxylic acids is 2. The van der Waals surface area contributed by atoms with Gasteiger partial charge in [0.1, 0.15) is 0 Å². The summed E-state index contributed by atoms with van der Waals surface area (Å²) < 4.78 is 9.20. The van der Waals surface area contributed by atoms with Gasteiger partial charge in [0, 0.05) is 6.92 Å². The molecule has 0 fully saturated rings. The third-order valence-electron chi connectivity index (χ3n) is 2.00. The van der Waals surface area contributed by atoms with Crippen LogP contribution in [-0.4, -0.2) is 18.5 Å². The first-order valence-electron chi connectivity index (χ1n) is 6.12. The van der Waals surface area contributed by atoms with E-state index >= 15 is 0 Å². The number of hydrogen-bond donors (Lipinski definition) is 0. The normalized spacial score (nSPS) is 8.74. The molecule has 0 N–H and O–H groups in total. The molecule has 19 heavy (non-hydrogen) atoms. The minimum absolute atomic E-state index is 0.182. The van der Waals surface area contributed by atoms with Crippen LogP contribution in [0.5, 0.6) is 0 Å². The van der Waals surface area contributed by atoms with Crippen molar-refractivity contribution >= 4 is 11.9 Å². The average Bonchev–Trinajstić information content (AvgIpc) is 2.41. The lowest BCUT2D eigenvalue weighted by atomic mass is 10.2. The van der Waals surface area contributed by atoms with E-state index in [4.69, 9.17) is 0 Å². The predicted octanol–water partition coefficient (Wildman–Crippen LogP) is 3.34. The van der Waals surface area contributed by atoms with Crippen LogP contribution in [0.1, 0.15) is 37.0 Å². The predicted molar refractivity (Wildman–Crippen MR) is 73.6 cm³/mol. The summed E-state index contributed by atoms with van der Waals surface area (Å²) in [6.07, 6.45) is 3.17. The zero-order valence-corrected chi connectivity index (χ0v) is 11.4. The molecule has 0 unspecified atom stereocenters. The van der Waals surface area contributed by atoms with Crippen molar-refractivity contribution in [3.05, 3.63) is 48.7 Å². The second-order valence-electron chi connectivity index (χ2n) is 3.63. The Labute approximate surface area is 114 Å². The van der Waals surface area contributed by atoms with Crippen molar-refractivity contribution < 1.29 is 19.1 Å². The molecular formula is C15H20O4. The standard InChI is InChI=1S/C9H8O2.C6H12O2/c1-2-11-9(10)8-6-4-3-5-7-8;1-3-4-5-8-6(2)7/h2-7H,1H2;3-5H2,1-2H3. The molecule has 0 heterocycles. The van der Waals surface area contributed by atoms with E-state index in [2.05, 4.69) is 23.0 Å². The van der Waals surface area contributed by atoms with Crippen LogP contribution in [0, 0.1) is 0 Å². The molecule has 1 rings (SSSR count). The molecule has 0 radical (unpaired) electrons. The van der Waals surface area contributed by atoms with Crippen molar-refractivity contribution in [3.8, 4) is 0 Å². The third kappa shape index (κ3) is 9.59. The number of hydrogen-bond acceptors (Lipinski definition) is 4. The first kappa shape index (κ1) is 16.9. The lowest BCUT2D eigenvalue weighted by Crippen LogP contribution is -1.99. The fourth-order valence-electron chi connectivity index (χ4n) is 1.08. The highest BCUT2D eigenvalue weighted by Crippen LogP contribution is 2.00. The second-order valence-corrected chi connectivity index (χ2v) is 3.63. The zero-order valence-electron chi connectivity index (χ0n) is 11.4. The van der Waals surface area contributed by atoms with Crippen molar-refractivity contribution in [2.24, 2.45) is 0 Å². The highest BCUT2D eigenvalue weighted by Gasteiger charge is 2.01. The Balaban J connectivity index is 0.000000362. The van der Waals surface area contributed by atoms with Crippen molar-refractivity contribution in [3.63, 3.8) is 0 Å². The molecule has 0 aliphatic rings. The van der Waals surface area contributed by atoms with E-state index in [1.165, 1.54) is 6.92 Å². The van der Waals surface area contributed by atoms with Crippen LogP contribution in [0.2, 0.25) is 0 Å². The molecule has 0 amide bonds. The van der Waals surface area contributed by atoms with E-state index in [9.17, 15) is 9.59 Å². The molecule has 0 saturated carbocycles. The summed E-state index contributed by atoms with van der Waals surface area (Å²) in [5.41, 5.74) is 0.535. The minimum atomic E-state index is -0.374. The van der Waals surface area contributed by atoms with Gasteiger partial charge in [-0.2, -0.15) is 0 Å². The molecule has 0 saturated heterocycles. The average molecular weight is 264 g/mol. The van der Waals surface area contributed by atoms with Crippen LogP contribution in [0.25, 0.3) is 0 Å². The maximum Gasteiger partial charge on any atom is 0.342 e. The van der Waals surface area contributed by atoms with Crippen LogP contribution in [-0.2, 0) is 14.3 Å². The summed E-state index contributed by atoms with van der Waals surface area (Å²) in [5.74, 6) is -0.556. The number of benzene rings is 1. The Morgan fingerprint density at radius 2 is 1.89 bits per heavy atom. The lowest BCUT2D eigenvalue weighted by molar-refractivity contribution is -0.141. The Kier molecular flexibility index (Phi) is 9.80. The Bertz CT molecular complexity index is 384. The van der Waals surface area contributed by atoms with Gasteiger partial charge in [-0.05, 0) is 18.6 Å². The Hall–Kier alpha value is -2.10. The van der Waals surface area contributed by atoms with Gasteiger partial charge in [-0.3, -0.25) is 4.79 Å². The van der Waals surface area contributed by atoms with Gasteiger partial charge in [-0.1, -0.05) is 38.1 Å². The van der Waals surface area contributed by atoms with Gasteiger partial charge in [0.05, 0.1) is 18.4 Å². The van der Waals surface area contributed by atoms with Gasteiger partial charge in [0.2, 0.25) is 0 Å². The van der Waals surface area contributed by atoms with Crippen LogP contribution < -0.4 is 0 Å². The van der Waals surface area contributed by atoms with Gasteiger partial charge in [-0.15, -0.1) is 0 Å². The number of esters is 2. The monoisotopic (exact) mass is 264 g/mol.